The molecule has 0 aromatic heterocycles. The number of amides is 2. The van der Waals surface area contributed by atoms with Crippen LogP contribution in [0.2, 0.25) is 0 Å². The highest BCUT2D eigenvalue weighted by Crippen LogP contribution is 2.55. The van der Waals surface area contributed by atoms with Crippen molar-refractivity contribution in [1.29, 1.82) is 0 Å². The van der Waals surface area contributed by atoms with Crippen molar-refractivity contribution in [3.05, 3.63) is 82.7 Å². The minimum atomic E-state index is -2.09. The molecule has 1 saturated heterocycles. The van der Waals surface area contributed by atoms with Gasteiger partial charge in [0, 0.05) is 93.4 Å². The van der Waals surface area contributed by atoms with Gasteiger partial charge in [0.1, 0.15) is 23.4 Å². The Bertz CT molecular complexity index is 2630. The molecule has 4 aliphatic rings. The molecule has 4 heterocycles. The lowest BCUT2D eigenvalue weighted by molar-refractivity contribution is -0.160. The van der Waals surface area contributed by atoms with Crippen LogP contribution in [0.15, 0.2) is 65.5 Å². The van der Waals surface area contributed by atoms with Gasteiger partial charge in [-0.1, -0.05) is 58.1 Å². The fourth-order valence-electron chi connectivity index (χ4n) is 9.93. The summed E-state index contributed by atoms with van der Waals surface area (Å²) in [5.74, 6) is -8.81. The number of ketones is 1. The molecule has 18 nitrogen and oxygen atoms in total. The summed E-state index contributed by atoms with van der Waals surface area (Å²) in [6.45, 7) is 19.8. The first-order chi connectivity index (χ1) is 33.4. The number of nitrogens with zero attached hydrogens (tertiary/aromatic N) is 3. The van der Waals surface area contributed by atoms with Gasteiger partial charge in [-0.25, -0.2) is 0 Å². The van der Waals surface area contributed by atoms with Crippen LogP contribution in [-0.2, 0) is 35.1 Å². The zero-order valence-corrected chi connectivity index (χ0v) is 42.5. The molecule has 7 rings (SSSR count). The number of hydrogen-bond donors (Lipinski definition) is 7. The Labute approximate surface area is 414 Å². The number of carbonyl (C=O) groups excluding carboxylic acids is 4. The highest BCUT2D eigenvalue weighted by atomic mass is 16.7. The molecule has 5 bridgehead atoms. The molecule has 0 saturated carbocycles. The summed E-state index contributed by atoms with van der Waals surface area (Å²) in [7, 11) is 1.43. The summed E-state index contributed by atoms with van der Waals surface area (Å²) < 4.78 is 23.8. The summed E-state index contributed by atoms with van der Waals surface area (Å²) >= 11 is 0. The smallest absolute Gasteiger partial charge is 0.312 e. The van der Waals surface area contributed by atoms with E-state index in [9.17, 15) is 44.7 Å². The first-order valence-electron chi connectivity index (χ1n) is 23.9. The molecular weight excluding hydrogens is 915 g/mol. The quantitative estimate of drug-likeness (QED) is 0.0567. The highest BCUT2D eigenvalue weighted by Gasteiger charge is 2.50. The summed E-state index contributed by atoms with van der Waals surface area (Å²) in [4.78, 5) is 54.9. The Morgan fingerprint density at radius 3 is 2.15 bits per heavy atom. The summed E-state index contributed by atoms with van der Waals surface area (Å²) in [5.41, 5.74) is 1.25. The van der Waals surface area contributed by atoms with Crippen molar-refractivity contribution in [3.8, 4) is 23.0 Å². The number of anilines is 2. The van der Waals surface area contributed by atoms with Gasteiger partial charge < -0.3 is 55.1 Å². The number of hydrogen-bond acceptors (Lipinski definition) is 16. The van der Waals surface area contributed by atoms with Gasteiger partial charge in [-0.3, -0.25) is 29.1 Å². The zero-order valence-electron chi connectivity index (χ0n) is 42.5. The number of fused-ring (bicyclic) bond motifs is 14. The van der Waals surface area contributed by atoms with Crippen LogP contribution >= 0.6 is 0 Å². The second-order valence-electron chi connectivity index (χ2n) is 19.5. The van der Waals surface area contributed by atoms with Crippen molar-refractivity contribution in [3.63, 3.8) is 0 Å². The van der Waals surface area contributed by atoms with E-state index in [1.807, 2.05) is 43.1 Å². The van der Waals surface area contributed by atoms with Crippen LogP contribution in [0.3, 0.4) is 0 Å². The van der Waals surface area contributed by atoms with Gasteiger partial charge in [0.15, 0.2) is 5.75 Å². The van der Waals surface area contributed by atoms with Crippen molar-refractivity contribution in [2.24, 2.45) is 28.8 Å². The molecule has 0 radical (unpaired) electrons. The Balaban J connectivity index is 1.45. The minimum Gasteiger partial charge on any atom is -0.507 e. The molecule has 3 aromatic carbocycles. The van der Waals surface area contributed by atoms with E-state index >= 15 is 0 Å². The first-order valence-corrected chi connectivity index (χ1v) is 23.9. The summed E-state index contributed by atoms with van der Waals surface area (Å²) in [5, 5.41) is 71.0. The summed E-state index contributed by atoms with van der Waals surface area (Å²) in [6, 6.07) is 7.28. The largest absolute Gasteiger partial charge is 0.507 e. The maximum Gasteiger partial charge on any atom is 0.312 e. The van der Waals surface area contributed by atoms with Crippen molar-refractivity contribution in [1.82, 2.24) is 9.91 Å². The third-order valence-corrected chi connectivity index (χ3v) is 14.0. The second kappa shape index (κ2) is 21.9. The number of aliphatic hydroxyl groups is 2. The molecule has 2 amide bonds. The second-order valence-corrected chi connectivity index (χ2v) is 19.5. The van der Waals surface area contributed by atoms with Gasteiger partial charge in [0.05, 0.1) is 65.1 Å². The fourth-order valence-corrected chi connectivity index (χ4v) is 9.93. The van der Waals surface area contributed by atoms with E-state index in [2.05, 4.69) is 15.5 Å². The van der Waals surface area contributed by atoms with Crippen molar-refractivity contribution in [2.45, 2.75) is 125 Å². The molecule has 4 aliphatic heterocycles. The number of aliphatic hydroxyl groups excluding tert-OH is 2. The fraction of sp³-hybridized carbons (Fsp3) is 0.491. The number of nitrogens with one attached hydrogen (secondary N) is 2. The number of carbonyl (C=O) groups is 4. The number of methoxy groups -OCH3 is 1. The predicted octanol–water partition coefficient (Wildman–Crippen LogP) is 6.64. The number of hydrazone groups is 1. The van der Waals surface area contributed by atoms with E-state index in [1.54, 1.807) is 39.8 Å². The van der Waals surface area contributed by atoms with Crippen LogP contribution in [0.1, 0.15) is 96.3 Å². The van der Waals surface area contributed by atoms with Gasteiger partial charge >= 0.3 is 11.8 Å². The third kappa shape index (κ3) is 11.2. The number of rotatable bonds is 7. The van der Waals surface area contributed by atoms with E-state index in [0.717, 1.165) is 5.56 Å². The van der Waals surface area contributed by atoms with Crippen LogP contribution < -0.4 is 15.4 Å². The Morgan fingerprint density at radius 2 is 1.55 bits per heavy atom. The SMILES string of the molecule is COC1/C=C/OC2(C)Oc3c(C)c(O)c4c(O)c(c(/C=N/N5C(C)CN(Cc6ccc(NC(C)=O)cc6)CC5C)c(O)c4c3C2=O)NC(=O)/C(C)=C/C=C/C(C)C(O)C(C)C(O)C(C)C(OC(C)=O)C1C. The standard InChI is InChI=1S/C53H69N5O13/c1-26-14-13-15-27(2)52(67)56-43-38(22-54-58-28(3)23-57(24-29(58)4)25-36-16-18-37(19-17-36)55-34(9)59)47(64)40-41(48(43)65)46(63)33(8)50-42(40)51(66)53(11,71-50)69-21-20-39(68-12)30(5)49(70-35(10)60)32(7)45(62)31(6)44(26)61/h13-22,26,28-32,39,44-45,49,61-65H,23-25H2,1-12H3,(H,55,59)(H,56,67)/b14-13+,21-20+,27-15+,54-22+. The monoisotopic (exact) mass is 983 g/mol. The Kier molecular flexibility index (Phi) is 16.6. The van der Waals surface area contributed by atoms with Crippen molar-refractivity contribution >= 4 is 51.9 Å². The van der Waals surface area contributed by atoms with E-state index in [4.69, 9.17) is 24.0 Å². The van der Waals surface area contributed by atoms with Crippen molar-refractivity contribution in [2.75, 3.05) is 30.8 Å². The van der Waals surface area contributed by atoms with Crippen LogP contribution in [0.5, 0.6) is 23.0 Å². The molecular formula is C53H69N5O13. The van der Waals surface area contributed by atoms with Crippen LogP contribution in [0, 0.1) is 30.6 Å². The zero-order chi connectivity index (χ0) is 52.4. The number of ether oxygens (including phenoxy) is 4. The van der Waals surface area contributed by atoms with E-state index in [0.29, 0.717) is 25.3 Å². The van der Waals surface area contributed by atoms with E-state index < -0.39 is 88.8 Å². The van der Waals surface area contributed by atoms with Gasteiger partial charge in [0.2, 0.25) is 5.91 Å². The first kappa shape index (κ1) is 53.9. The van der Waals surface area contributed by atoms with Gasteiger partial charge in [-0.05, 0) is 51.5 Å². The topological polar surface area (TPSA) is 249 Å². The van der Waals surface area contributed by atoms with Crippen molar-refractivity contribution < 1.29 is 63.7 Å². The normalized spacial score (nSPS) is 30.6. The van der Waals surface area contributed by atoms with E-state index in [1.165, 1.54) is 66.4 Å². The van der Waals surface area contributed by atoms with Crippen LogP contribution in [0.4, 0.5) is 11.4 Å². The third-order valence-electron chi connectivity index (χ3n) is 14.0. The minimum absolute atomic E-state index is 0.0344. The number of allylic oxidation sites excluding steroid dienone is 2. The van der Waals surface area contributed by atoms with Crippen LogP contribution in [0.25, 0.3) is 10.8 Å². The average Bonchev–Trinajstić information content (AvgIpc) is 3.58. The maximum absolute atomic E-state index is 14.7. The number of phenolic OH excluding ortho intramolecular Hbond substituents is 3. The van der Waals surface area contributed by atoms with Gasteiger partial charge in [-0.15, -0.1) is 0 Å². The number of piperazine rings is 1. The highest BCUT2D eigenvalue weighted by molar-refractivity contribution is 6.24. The number of aromatic hydroxyl groups is 3. The number of esters is 1. The lowest BCUT2D eigenvalue weighted by Gasteiger charge is -2.42. The molecule has 384 valence electrons. The molecule has 0 spiro atoms. The van der Waals surface area contributed by atoms with Gasteiger partial charge in [0.25, 0.3) is 11.7 Å². The maximum atomic E-state index is 14.7. The molecule has 11 unspecified atom stereocenters. The molecule has 0 aliphatic carbocycles. The van der Waals surface area contributed by atoms with E-state index in [-0.39, 0.29) is 62.5 Å². The average molecular weight is 984 g/mol. The number of Topliss-reactive ketones (excluding diaryl/α,β-unsaturated/α-hetero) is 1. The molecule has 18 heteroatoms. The molecule has 7 N–H and O–H groups in total. The molecule has 11 atom stereocenters. The Hall–Kier alpha value is -6.47. The van der Waals surface area contributed by atoms with Gasteiger partial charge in [-0.2, -0.15) is 5.10 Å². The summed E-state index contributed by atoms with van der Waals surface area (Å²) in [6.07, 6.45) is 4.76. The Morgan fingerprint density at radius 1 is 0.901 bits per heavy atom. The number of phenols is 3. The molecule has 1 fully saturated rings. The van der Waals surface area contributed by atoms with Crippen LogP contribution in [-0.4, -0.2) is 128 Å². The predicted molar refractivity (Wildman–Crippen MR) is 268 cm³/mol. The molecule has 71 heavy (non-hydrogen) atoms. The molecule has 3 aromatic rings. The lowest BCUT2D eigenvalue weighted by Crippen LogP contribution is -2.54. The lowest BCUT2D eigenvalue weighted by atomic mass is 9.78. The number of benzene rings is 3.